The van der Waals surface area contributed by atoms with Gasteiger partial charge in [-0.05, 0) is 45.2 Å². The highest BCUT2D eigenvalue weighted by atomic mass is 32.1. The summed E-state index contributed by atoms with van der Waals surface area (Å²) in [6.07, 6.45) is 0.193. The maximum atomic E-state index is 5.90. The first-order valence-electron chi connectivity index (χ1n) is 7.13. The largest absolute Gasteiger partial charge is 0.491 e. The first kappa shape index (κ1) is 15.1. The minimum absolute atomic E-state index is 0.193. The third kappa shape index (κ3) is 3.84. The van der Waals surface area contributed by atoms with Crippen molar-refractivity contribution in [1.82, 2.24) is 5.32 Å². The summed E-state index contributed by atoms with van der Waals surface area (Å²) in [5, 5.41) is 5.76. The summed E-state index contributed by atoms with van der Waals surface area (Å²) >= 11 is 1.79. The predicted octanol–water partition coefficient (Wildman–Crippen LogP) is 4.95. The molecule has 1 aromatic heterocycles. The van der Waals surface area contributed by atoms with Gasteiger partial charge in [0.15, 0.2) is 0 Å². The fraction of sp³-hybridized carbons (Fsp3) is 0.412. The van der Waals surface area contributed by atoms with Crippen molar-refractivity contribution in [3.05, 3.63) is 52.2 Å². The monoisotopic (exact) mass is 289 g/mol. The van der Waals surface area contributed by atoms with E-state index in [1.807, 2.05) is 12.1 Å². The van der Waals surface area contributed by atoms with E-state index in [0.717, 1.165) is 5.75 Å². The Kier molecular flexibility index (Phi) is 5.21. The second-order valence-electron chi connectivity index (χ2n) is 5.33. The number of nitrogens with one attached hydrogen (secondary N) is 1. The Morgan fingerprint density at radius 3 is 2.35 bits per heavy atom. The Hall–Kier alpha value is -1.32. The molecule has 2 nitrogen and oxygen atoms in total. The molecule has 20 heavy (non-hydrogen) atoms. The maximum absolute atomic E-state index is 5.90. The van der Waals surface area contributed by atoms with Crippen LogP contribution in [0, 0.1) is 0 Å². The van der Waals surface area contributed by atoms with Crippen LogP contribution in [0.25, 0.3) is 0 Å². The zero-order valence-electron chi connectivity index (χ0n) is 12.6. The van der Waals surface area contributed by atoms with Crippen LogP contribution < -0.4 is 10.1 Å². The normalized spacial score (nSPS) is 14.2. The Labute approximate surface area is 125 Å². The standard InChI is InChI=1S/C17H23NOS/c1-12(2)19-16-9-6-5-8-15(16)13(3)18-14(4)17-10-7-11-20-17/h5-14,18H,1-4H3. The second kappa shape index (κ2) is 6.91. The molecule has 108 valence electrons. The molecule has 1 heterocycles. The van der Waals surface area contributed by atoms with Crippen molar-refractivity contribution >= 4 is 11.3 Å². The summed E-state index contributed by atoms with van der Waals surface area (Å²) in [5.74, 6) is 0.973. The van der Waals surface area contributed by atoms with Crippen molar-refractivity contribution in [2.75, 3.05) is 0 Å². The number of rotatable bonds is 6. The second-order valence-corrected chi connectivity index (χ2v) is 6.31. The van der Waals surface area contributed by atoms with Gasteiger partial charge in [-0.3, -0.25) is 0 Å². The molecule has 0 saturated carbocycles. The average molecular weight is 289 g/mol. The summed E-state index contributed by atoms with van der Waals surface area (Å²) in [7, 11) is 0. The lowest BCUT2D eigenvalue weighted by molar-refractivity contribution is 0.237. The third-order valence-electron chi connectivity index (χ3n) is 3.22. The van der Waals surface area contributed by atoms with E-state index in [4.69, 9.17) is 4.74 Å². The summed E-state index contributed by atoms with van der Waals surface area (Å²) in [6.45, 7) is 8.51. The summed E-state index contributed by atoms with van der Waals surface area (Å²) in [4.78, 5) is 1.36. The minimum Gasteiger partial charge on any atom is -0.491 e. The van der Waals surface area contributed by atoms with Crippen molar-refractivity contribution in [2.45, 2.75) is 45.9 Å². The average Bonchev–Trinajstić information content (AvgIpc) is 2.92. The van der Waals surface area contributed by atoms with E-state index in [1.165, 1.54) is 10.4 Å². The van der Waals surface area contributed by atoms with Gasteiger partial charge in [0.05, 0.1) is 6.10 Å². The van der Waals surface area contributed by atoms with Crippen LogP contribution in [-0.4, -0.2) is 6.10 Å². The number of hydrogen-bond acceptors (Lipinski definition) is 3. The number of thiophene rings is 1. The van der Waals surface area contributed by atoms with Crippen LogP contribution in [0.3, 0.4) is 0 Å². The van der Waals surface area contributed by atoms with Gasteiger partial charge >= 0.3 is 0 Å². The molecule has 0 saturated heterocycles. The molecule has 2 rings (SSSR count). The highest BCUT2D eigenvalue weighted by molar-refractivity contribution is 7.10. The Balaban J connectivity index is 2.10. The smallest absolute Gasteiger partial charge is 0.124 e. The molecule has 0 aliphatic carbocycles. The lowest BCUT2D eigenvalue weighted by Gasteiger charge is -2.22. The molecular weight excluding hydrogens is 266 g/mol. The van der Waals surface area contributed by atoms with Crippen molar-refractivity contribution in [3.63, 3.8) is 0 Å². The fourth-order valence-corrected chi connectivity index (χ4v) is 3.03. The van der Waals surface area contributed by atoms with Crippen molar-refractivity contribution in [2.24, 2.45) is 0 Å². The zero-order valence-corrected chi connectivity index (χ0v) is 13.4. The van der Waals surface area contributed by atoms with E-state index in [-0.39, 0.29) is 12.1 Å². The van der Waals surface area contributed by atoms with Gasteiger partial charge < -0.3 is 10.1 Å². The summed E-state index contributed by atoms with van der Waals surface area (Å²) in [5.41, 5.74) is 1.21. The lowest BCUT2D eigenvalue weighted by Crippen LogP contribution is -2.22. The summed E-state index contributed by atoms with van der Waals surface area (Å²) < 4.78 is 5.90. The molecular formula is C17H23NOS. The topological polar surface area (TPSA) is 21.3 Å². The van der Waals surface area contributed by atoms with Crippen LogP contribution in [0.5, 0.6) is 5.75 Å². The van der Waals surface area contributed by atoms with Crippen LogP contribution in [0.15, 0.2) is 41.8 Å². The van der Waals surface area contributed by atoms with Crippen LogP contribution >= 0.6 is 11.3 Å². The molecule has 3 heteroatoms. The Bertz CT molecular complexity index is 522. The van der Waals surface area contributed by atoms with Gasteiger partial charge in [-0.1, -0.05) is 24.3 Å². The van der Waals surface area contributed by atoms with E-state index >= 15 is 0 Å². The number of benzene rings is 1. The molecule has 0 spiro atoms. The van der Waals surface area contributed by atoms with E-state index < -0.39 is 0 Å². The van der Waals surface area contributed by atoms with Gasteiger partial charge in [-0.25, -0.2) is 0 Å². The third-order valence-corrected chi connectivity index (χ3v) is 4.27. The molecule has 0 bridgehead atoms. The zero-order chi connectivity index (χ0) is 14.5. The van der Waals surface area contributed by atoms with Crippen molar-refractivity contribution in [1.29, 1.82) is 0 Å². The quantitative estimate of drug-likeness (QED) is 0.812. The highest BCUT2D eigenvalue weighted by Gasteiger charge is 2.15. The molecule has 0 aliphatic rings. The maximum Gasteiger partial charge on any atom is 0.124 e. The van der Waals surface area contributed by atoms with Gasteiger partial charge in [-0.2, -0.15) is 0 Å². The van der Waals surface area contributed by atoms with Crippen LogP contribution in [-0.2, 0) is 0 Å². The van der Waals surface area contributed by atoms with Gasteiger partial charge in [0.1, 0.15) is 5.75 Å². The molecule has 0 radical (unpaired) electrons. The highest BCUT2D eigenvalue weighted by Crippen LogP contribution is 2.28. The van der Waals surface area contributed by atoms with Crippen molar-refractivity contribution in [3.8, 4) is 5.75 Å². The Morgan fingerprint density at radius 2 is 1.70 bits per heavy atom. The van der Waals surface area contributed by atoms with Crippen LogP contribution in [0.4, 0.5) is 0 Å². The Morgan fingerprint density at radius 1 is 0.950 bits per heavy atom. The number of para-hydroxylation sites is 1. The van der Waals surface area contributed by atoms with Gasteiger partial charge in [0, 0.05) is 22.5 Å². The molecule has 2 atom stereocenters. The fourth-order valence-electron chi connectivity index (χ4n) is 2.28. The van der Waals surface area contributed by atoms with Crippen LogP contribution in [0.2, 0.25) is 0 Å². The first-order valence-corrected chi connectivity index (χ1v) is 8.01. The minimum atomic E-state index is 0.193. The van der Waals surface area contributed by atoms with Gasteiger partial charge in [0.2, 0.25) is 0 Å². The lowest BCUT2D eigenvalue weighted by atomic mass is 10.1. The number of hydrogen-bond donors (Lipinski definition) is 1. The van der Waals surface area contributed by atoms with E-state index in [1.54, 1.807) is 11.3 Å². The molecule has 0 fully saturated rings. The van der Waals surface area contributed by atoms with E-state index in [0.29, 0.717) is 6.04 Å². The van der Waals surface area contributed by atoms with Crippen LogP contribution in [0.1, 0.15) is 50.2 Å². The molecule has 0 aliphatic heterocycles. The predicted molar refractivity (Wildman–Crippen MR) is 86.5 cm³/mol. The molecule has 2 unspecified atom stereocenters. The molecule has 0 amide bonds. The summed E-state index contributed by atoms with van der Waals surface area (Å²) in [6, 6.07) is 13.1. The molecule has 2 aromatic rings. The number of ether oxygens (including phenoxy) is 1. The van der Waals surface area contributed by atoms with Gasteiger partial charge in [0.25, 0.3) is 0 Å². The first-order chi connectivity index (χ1) is 9.58. The van der Waals surface area contributed by atoms with Crippen molar-refractivity contribution < 1.29 is 4.74 Å². The van der Waals surface area contributed by atoms with E-state index in [9.17, 15) is 0 Å². The van der Waals surface area contributed by atoms with Gasteiger partial charge in [-0.15, -0.1) is 11.3 Å². The molecule has 1 aromatic carbocycles. The van der Waals surface area contributed by atoms with E-state index in [2.05, 4.69) is 62.7 Å². The molecule has 1 N–H and O–H groups in total. The SMILES string of the molecule is CC(C)Oc1ccccc1C(C)NC(C)c1cccs1.